The minimum Gasteiger partial charge on any atom is -0.398 e. The third-order valence-electron chi connectivity index (χ3n) is 3.31. The first-order valence-corrected chi connectivity index (χ1v) is 8.18. The Balaban J connectivity index is 2.42. The van der Waals surface area contributed by atoms with Crippen molar-refractivity contribution in [1.82, 2.24) is 0 Å². The van der Waals surface area contributed by atoms with Crippen LogP contribution in [0.25, 0.3) is 0 Å². The van der Waals surface area contributed by atoms with Gasteiger partial charge in [0.2, 0.25) is 10.0 Å². The van der Waals surface area contributed by atoms with Gasteiger partial charge in [-0.15, -0.1) is 0 Å². The van der Waals surface area contributed by atoms with Gasteiger partial charge in [0, 0.05) is 18.8 Å². The van der Waals surface area contributed by atoms with Crippen LogP contribution >= 0.6 is 0 Å². The number of anilines is 2. The molecular formula is C15H19N3O2S. The average Bonchev–Trinajstić information content (AvgIpc) is 2.45. The van der Waals surface area contributed by atoms with E-state index >= 15 is 0 Å². The Morgan fingerprint density at radius 1 is 1.05 bits per heavy atom. The lowest BCUT2D eigenvalue weighted by Crippen LogP contribution is -2.26. The third-order valence-corrected chi connectivity index (χ3v) is 4.27. The summed E-state index contributed by atoms with van der Waals surface area (Å²) in [7, 11) is -3.76. The lowest BCUT2D eigenvalue weighted by Gasteiger charge is -2.25. The van der Waals surface area contributed by atoms with Crippen molar-refractivity contribution in [2.24, 2.45) is 5.14 Å². The van der Waals surface area contributed by atoms with Crippen LogP contribution < -0.4 is 15.8 Å². The van der Waals surface area contributed by atoms with E-state index in [-0.39, 0.29) is 4.90 Å². The van der Waals surface area contributed by atoms with Gasteiger partial charge in [0.15, 0.2) is 0 Å². The molecule has 21 heavy (non-hydrogen) atoms. The highest BCUT2D eigenvalue weighted by Crippen LogP contribution is 2.26. The van der Waals surface area contributed by atoms with Gasteiger partial charge in [-0.3, -0.25) is 0 Å². The molecule has 0 saturated heterocycles. The van der Waals surface area contributed by atoms with E-state index < -0.39 is 10.0 Å². The van der Waals surface area contributed by atoms with E-state index in [2.05, 4.69) is 0 Å². The normalized spacial score (nSPS) is 11.3. The van der Waals surface area contributed by atoms with Crippen LogP contribution in [0.3, 0.4) is 0 Å². The summed E-state index contributed by atoms with van der Waals surface area (Å²) >= 11 is 0. The maximum atomic E-state index is 11.7. The predicted octanol–water partition coefficient (Wildman–Crippen LogP) is 1.94. The van der Waals surface area contributed by atoms with Gasteiger partial charge in [-0.05, 0) is 30.7 Å². The van der Waals surface area contributed by atoms with Crippen molar-refractivity contribution in [1.29, 1.82) is 0 Å². The molecule has 4 N–H and O–H groups in total. The molecule has 0 aliphatic rings. The van der Waals surface area contributed by atoms with Crippen molar-refractivity contribution < 1.29 is 8.42 Å². The minimum atomic E-state index is -3.76. The topological polar surface area (TPSA) is 89.4 Å². The number of hydrogen-bond acceptors (Lipinski definition) is 4. The quantitative estimate of drug-likeness (QED) is 0.826. The zero-order chi connectivity index (χ0) is 15.5. The van der Waals surface area contributed by atoms with Crippen LogP contribution in [0.2, 0.25) is 0 Å². The van der Waals surface area contributed by atoms with Crippen molar-refractivity contribution in [3.8, 4) is 0 Å². The summed E-state index contributed by atoms with van der Waals surface area (Å²) in [6.45, 7) is 3.12. The van der Waals surface area contributed by atoms with E-state index in [4.69, 9.17) is 10.9 Å². The summed E-state index contributed by atoms with van der Waals surface area (Å²) in [5.41, 5.74) is 8.18. The molecule has 0 radical (unpaired) electrons. The smallest absolute Gasteiger partial charge is 0.240 e. The summed E-state index contributed by atoms with van der Waals surface area (Å²) in [6.07, 6.45) is 0. The fraction of sp³-hybridized carbons (Fsp3) is 0.200. The second-order valence-electron chi connectivity index (χ2n) is 4.73. The van der Waals surface area contributed by atoms with Gasteiger partial charge in [0.05, 0.1) is 5.69 Å². The molecule has 0 spiro atoms. The molecule has 0 saturated carbocycles. The maximum absolute atomic E-state index is 11.7. The molecule has 0 aromatic heterocycles. The fourth-order valence-electron chi connectivity index (χ4n) is 2.21. The minimum absolute atomic E-state index is 0.126. The first-order valence-electron chi connectivity index (χ1n) is 6.63. The molecule has 6 heteroatoms. The van der Waals surface area contributed by atoms with Gasteiger partial charge in [-0.1, -0.05) is 30.3 Å². The summed E-state index contributed by atoms with van der Waals surface area (Å²) in [5.74, 6) is 0. The van der Waals surface area contributed by atoms with Gasteiger partial charge < -0.3 is 10.6 Å². The number of nitrogens with zero attached hydrogens (tertiary/aromatic N) is 1. The first kappa shape index (κ1) is 15.3. The van der Waals surface area contributed by atoms with Crippen LogP contribution in [0.5, 0.6) is 0 Å². The Morgan fingerprint density at radius 2 is 1.67 bits per heavy atom. The Kier molecular flexibility index (Phi) is 4.50. The van der Waals surface area contributed by atoms with Crippen molar-refractivity contribution in [2.45, 2.75) is 18.4 Å². The molecule has 2 rings (SSSR count). The summed E-state index contributed by atoms with van der Waals surface area (Å²) < 4.78 is 23.4. The van der Waals surface area contributed by atoms with E-state index in [1.807, 2.05) is 36.1 Å². The Bertz CT molecular complexity index is 729. The second kappa shape index (κ2) is 6.15. The molecule has 112 valence electrons. The molecule has 0 amide bonds. The van der Waals surface area contributed by atoms with Crippen molar-refractivity contribution in [3.63, 3.8) is 0 Å². The standard InChI is InChI=1S/C15H19N3O2S/c1-2-18(11-12-7-3-4-8-13(12)16)14-9-5-6-10-15(14)21(17,19)20/h3-10H,2,11,16H2,1H3,(H2,17,19,20). The molecule has 0 heterocycles. The Hall–Kier alpha value is -2.05. The monoisotopic (exact) mass is 305 g/mol. The lowest BCUT2D eigenvalue weighted by atomic mass is 10.1. The van der Waals surface area contributed by atoms with Gasteiger partial charge >= 0.3 is 0 Å². The van der Waals surface area contributed by atoms with Gasteiger partial charge in [-0.2, -0.15) is 0 Å². The highest BCUT2D eigenvalue weighted by molar-refractivity contribution is 7.89. The molecule has 2 aromatic carbocycles. The predicted molar refractivity (Wildman–Crippen MR) is 85.4 cm³/mol. The molecule has 0 aliphatic heterocycles. The number of nitrogens with two attached hydrogens (primary N) is 2. The SMILES string of the molecule is CCN(Cc1ccccc1N)c1ccccc1S(N)(=O)=O. The lowest BCUT2D eigenvalue weighted by molar-refractivity contribution is 0.597. The van der Waals surface area contributed by atoms with Crippen LogP contribution in [0.15, 0.2) is 53.4 Å². The number of benzene rings is 2. The van der Waals surface area contributed by atoms with Crippen molar-refractivity contribution in [2.75, 3.05) is 17.2 Å². The van der Waals surface area contributed by atoms with Crippen LogP contribution in [-0.2, 0) is 16.6 Å². The first-order chi connectivity index (χ1) is 9.93. The van der Waals surface area contributed by atoms with E-state index in [9.17, 15) is 8.42 Å². The van der Waals surface area contributed by atoms with Gasteiger partial charge in [0.25, 0.3) is 0 Å². The Labute approximate surface area is 125 Å². The number of para-hydroxylation sites is 2. The number of nitrogen functional groups attached to an aromatic ring is 1. The van der Waals surface area contributed by atoms with Crippen LogP contribution in [0.1, 0.15) is 12.5 Å². The summed E-state index contributed by atoms with van der Waals surface area (Å²) in [4.78, 5) is 2.06. The van der Waals surface area contributed by atoms with E-state index in [0.29, 0.717) is 24.5 Å². The van der Waals surface area contributed by atoms with Crippen molar-refractivity contribution >= 4 is 21.4 Å². The molecule has 0 fully saturated rings. The highest BCUT2D eigenvalue weighted by atomic mass is 32.2. The highest BCUT2D eigenvalue weighted by Gasteiger charge is 2.18. The molecule has 0 aliphatic carbocycles. The van der Waals surface area contributed by atoms with E-state index in [1.165, 1.54) is 6.07 Å². The third kappa shape index (κ3) is 3.53. The van der Waals surface area contributed by atoms with Crippen LogP contribution in [-0.4, -0.2) is 15.0 Å². The second-order valence-corrected chi connectivity index (χ2v) is 6.26. The molecular weight excluding hydrogens is 286 g/mol. The molecule has 0 unspecified atom stereocenters. The zero-order valence-corrected chi connectivity index (χ0v) is 12.7. The molecule has 2 aromatic rings. The van der Waals surface area contributed by atoms with Gasteiger partial charge in [0.1, 0.15) is 4.90 Å². The average molecular weight is 305 g/mol. The van der Waals surface area contributed by atoms with E-state index in [0.717, 1.165) is 5.56 Å². The molecule has 0 atom stereocenters. The van der Waals surface area contributed by atoms with E-state index in [1.54, 1.807) is 18.2 Å². The maximum Gasteiger partial charge on any atom is 0.240 e. The van der Waals surface area contributed by atoms with Crippen molar-refractivity contribution in [3.05, 3.63) is 54.1 Å². The summed E-state index contributed by atoms with van der Waals surface area (Å²) in [6, 6.07) is 14.3. The number of sulfonamides is 1. The van der Waals surface area contributed by atoms with Gasteiger partial charge in [-0.25, -0.2) is 13.6 Å². The number of rotatable bonds is 5. The zero-order valence-electron chi connectivity index (χ0n) is 11.9. The largest absolute Gasteiger partial charge is 0.398 e. The number of primary sulfonamides is 1. The van der Waals surface area contributed by atoms with Crippen LogP contribution in [0.4, 0.5) is 11.4 Å². The molecule has 0 bridgehead atoms. The molecule has 5 nitrogen and oxygen atoms in total. The summed E-state index contributed by atoms with van der Waals surface area (Å²) in [5, 5.41) is 5.29. The Morgan fingerprint density at radius 3 is 2.29 bits per heavy atom. The fourth-order valence-corrected chi connectivity index (χ4v) is 2.97. The number of hydrogen-bond donors (Lipinski definition) is 2. The van der Waals surface area contributed by atoms with Crippen LogP contribution in [0, 0.1) is 0 Å².